The third kappa shape index (κ3) is 3.68. The number of ether oxygens (including phenoxy) is 3. The Morgan fingerprint density at radius 2 is 1.93 bits per heavy atom. The number of furan rings is 1. The molecule has 1 N–H and O–H groups in total. The van der Waals surface area contributed by atoms with Crippen LogP contribution in [0.4, 0.5) is 0 Å². The highest BCUT2D eigenvalue weighted by molar-refractivity contribution is 5.93. The molecule has 1 fully saturated rings. The topological polar surface area (TPSA) is 95.2 Å². The standard InChI is InChI=1S/C22H26O7/c1-10(2)12-8-16-13(21(24)27-6)9-17(28-16)18(11(3)4)20-19(26-5)14(7-15(12)23)22(25)29-20/h7,9,12,15,18-20,23H,1,3,8H2,2,4-6H3/b14-7-. The highest BCUT2D eigenvalue weighted by Crippen LogP contribution is 2.41. The van der Waals surface area contributed by atoms with Gasteiger partial charge in [-0.15, -0.1) is 0 Å². The molecule has 156 valence electrons. The van der Waals surface area contributed by atoms with Crippen molar-refractivity contribution in [1.29, 1.82) is 0 Å². The fourth-order valence-corrected chi connectivity index (χ4v) is 4.02. The number of carbonyl (C=O) groups is 2. The van der Waals surface area contributed by atoms with Crippen LogP contribution in [0.3, 0.4) is 0 Å². The lowest BCUT2D eigenvalue weighted by molar-refractivity contribution is -0.140. The quantitative estimate of drug-likeness (QED) is 0.611. The molecule has 1 aromatic heterocycles. The molecule has 0 spiro atoms. The Hall–Kier alpha value is -2.64. The highest BCUT2D eigenvalue weighted by Gasteiger charge is 2.47. The molecule has 0 aliphatic carbocycles. The Morgan fingerprint density at radius 1 is 1.24 bits per heavy atom. The molecule has 3 heterocycles. The number of aliphatic hydroxyl groups excluding tert-OH is 1. The average Bonchev–Trinajstić information content (AvgIpc) is 3.19. The highest BCUT2D eigenvalue weighted by atomic mass is 16.6. The Labute approximate surface area is 169 Å². The van der Waals surface area contributed by atoms with E-state index in [0.717, 1.165) is 0 Å². The molecule has 2 aliphatic rings. The summed E-state index contributed by atoms with van der Waals surface area (Å²) < 4.78 is 22.1. The normalized spacial score (nSPS) is 30.6. The summed E-state index contributed by atoms with van der Waals surface area (Å²) in [5.74, 6) is -1.34. The Bertz CT molecular complexity index is 891. The molecule has 29 heavy (non-hydrogen) atoms. The van der Waals surface area contributed by atoms with Crippen LogP contribution in [0.25, 0.3) is 0 Å². The van der Waals surface area contributed by atoms with Crippen LogP contribution in [0.15, 0.2) is 46.4 Å². The van der Waals surface area contributed by atoms with Crippen molar-refractivity contribution in [3.63, 3.8) is 0 Å². The molecule has 7 heteroatoms. The van der Waals surface area contributed by atoms with Crippen LogP contribution < -0.4 is 0 Å². The molecule has 3 rings (SSSR count). The Kier molecular flexibility index (Phi) is 5.82. The fourth-order valence-electron chi connectivity index (χ4n) is 4.02. The van der Waals surface area contributed by atoms with Gasteiger partial charge in [-0.3, -0.25) is 0 Å². The second kappa shape index (κ2) is 8.00. The van der Waals surface area contributed by atoms with Crippen molar-refractivity contribution in [2.75, 3.05) is 14.2 Å². The summed E-state index contributed by atoms with van der Waals surface area (Å²) in [6, 6.07) is 1.59. The number of aliphatic hydroxyl groups is 1. The molecule has 2 aliphatic heterocycles. The van der Waals surface area contributed by atoms with Crippen molar-refractivity contribution in [3.05, 3.63) is 59.1 Å². The monoisotopic (exact) mass is 402 g/mol. The van der Waals surface area contributed by atoms with Gasteiger partial charge in [-0.2, -0.15) is 0 Å². The lowest BCUT2D eigenvalue weighted by Crippen LogP contribution is -2.32. The van der Waals surface area contributed by atoms with Gasteiger partial charge in [-0.1, -0.05) is 24.3 Å². The molecule has 0 radical (unpaired) electrons. The zero-order valence-corrected chi connectivity index (χ0v) is 17.1. The van der Waals surface area contributed by atoms with Gasteiger partial charge in [0, 0.05) is 19.4 Å². The molecule has 0 saturated carbocycles. The number of rotatable bonds is 4. The third-order valence-electron chi connectivity index (χ3n) is 5.54. The van der Waals surface area contributed by atoms with Gasteiger partial charge < -0.3 is 23.7 Å². The second-order valence-electron chi connectivity index (χ2n) is 7.60. The summed E-state index contributed by atoms with van der Waals surface area (Å²) in [5.41, 5.74) is 1.87. The molecule has 0 aromatic carbocycles. The molecule has 5 atom stereocenters. The van der Waals surface area contributed by atoms with Crippen molar-refractivity contribution in [2.45, 2.75) is 44.5 Å². The maximum absolute atomic E-state index is 12.6. The van der Waals surface area contributed by atoms with E-state index < -0.39 is 42.1 Å². The zero-order valence-electron chi connectivity index (χ0n) is 17.1. The minimum absolute atomic E-state index is 0.213. The van der Waals surface area contributed by atoms with E-state index in [-0.39, 0.29) is 17.6 Å². The summed E-state index contributed by atoms with van der Waals surface area (Å²) in [6.07, 6.45) is -0.846. The van der Waals surface area contributed by atoms with Crippen LogP contribution in [-0.2, 0) is 25.4 Å². The van der Waals surface area contributed by atoms with E-state index >= 15 is 0 Å². The lowest BCUT2D eigenvalue weighted by atomic mass is 9.85. The van der Waals surface area contributed by atoms with Crippen LogP contribution in [0, 0.1) is 5.92 Å². The summed E-state index contributed by atoms with van der Waals surface area (Å²) >= 11 is 0. The van der Waals surface area contributed by atoms with Crippen LogP contribution in [0.2, 0.25) is 0 Å². The van der Waals surface area contributed by atoms with Gasteiger partial charge in [0.1, 0.15) is 29.3 Å². The van der Waals surface area contributed by atoms with Crippen LogP contribution >= 0.6 is 0 Å². The van der Waals surface area contributed by atoms with Crippen LogP contribution in [-0.4, -0.2) is 49.6 Å². The minimum atomic E-state index is -1.05. The smallest absolute Gasteiger partial charge is 0.341 e. The molecule has 5 unspecified atom stereocenters. The molecule has 4 bridgehead atoms. The van der Waals surface area contributed by atoms with Crippen LogP contribution in [0.1, 0.15) is 41.6 Å². The maximum Gasteiger partial charge on any atom is 0.341 e. The predicted octanol–water partition coefficient (Wildman–Crippen LogP) is 2.70. The van der Waals surface area contributed by atoms with Gasteiger partial charge in [-0.05, 0) is 26.0 Å². The van der Waals surface area contributed by atoms with Gasteiger partial charge in [0.2, 0.25) is 0 Å². The number of hydrogen-bond donors (Lipinski definition) is 1. The van der Waals surface area contributed by atoms with E-state index in [9.17, 15) is 14.7 Å². The van der Waals surface area contributed by atoms with E-state index in [0.29, 0.717) is 22.7 Å². The molecular weight excluding hydrogens is 376 g/mol. The van der Waals surface area contributed by atoms with E-state index in [1.807, 2.05) is 0 Å². The van der Waals surface area contributed by atoms with Gasteiger partial charge in [-0.25, -0.2) is 9.59 Å². The lowest BCUT2D eigenvalue weighted by Gasteiger charge is -2.25. The summed E-state index contributed by atoms with van der Waals surface area (Å²) in [4.78, 5) is 24.9. The summed E-state index contributed by atoms with van der Waals surface area (Å²) in [6.45, 7) is 11.5. The number of esters is 2. The van der Waals surface area contributed by atoms with Gasteiger partial charge >= 0.3 is 11.9 Å². The van der Waals surface area contributed by atoms with E-state index in [1.165, 1.54) is 20.3 Å². The van der Waals surface area contributed by atoms with Crippen molar-refractivity contribution >= 4 is 11.9 Å². The third-order valence-corrected chi connectivity index (χ3v) is 5.54. The molecule has 1 aromatic rings. The van der Waals surface area contributed by atoms with Crippen molar-refractivity contribution in [3.8, 4) is 0 Å². The number of carbonyl (C=O) groups excluding carboxylic acids is 2. The number of hydrogen-bond acceptors (Lipinski definition) is 7. The average molecular weight is 402 g/mol. The van der Waals surface area contributed by atoms with Crippen molar-refractivity contribution < 1.29 is 33.3 Å². The summed E-state index contributed by atoms with van der Waals surface area (Å²) in [7, 11) is 2.76. The minimum Gasteiger partial charge on any atom is -0.465 e. The molecular formula is C22H26O7. The second-order valence-corrected chi connectivity index (χ2v) is 7.60. The SMILES string of the molecule is C=C(C)C1Cc2oc(cc2C(=O)OC)C(C(=C)C)C2OC(=O)/C(=C\C1O)C2OC. The van der Waals surface area contributed by atoms with E-state index in [4.69, 9.17) is 18.6 Å². The zero-order chi connectivity index (χ0) is 21.5. The summed E-state index contributed by atoms with van der Waals surface area (Å²) in [5, 5.41) is 10.9. The predicted molar refractivity (Wildman–Crippen MR) is 104 cm³/mol. The first-order chi connectivity index (χ1) is 13.7. The van der Waals surface area contributed by atoms with Crippen molar-refractivity contribution in [1.82, 2.24) is 0 Å². The van der Waals surface area contributed by atoms with Gasteiger partial charge in [0.25, 0.3) is 0 Å². The van der Waals surface area contributed by atoms with Gasteiger partial charge in [0.15, 0.2) is 0 Å². The molecule has 0 amide bonds. The first kappa shape index (κ1) is 21.1. The maximum atomic E-state index is 12.6. The van der Waals surface area contributed by atoms with E-state index in [1.54, 1.807) is 19.9 Å². The largest absolute Gasteiger partial charge is 0.465 e. The molecule has 7 nitrogen and oxygen atoms in total. The van der Waals surface area contributed by atoms with Crippen molar-refractivity contribution in [2.24, 2.45) is 5.92 Å². The first-order valence-corrected chi connectivity index (χ1v) is 9.34. The van der Waals surface area contributed by atoms with Gasteiger partial charge in [0.05, 0.1) is 24.7 Å². The number of methoxy groups -OCH3 is 2. The van der Waals surface area contributed by atoms with E-state index in [2.05, 4.69) is 13.2 Å². The fraction of sp³-hybridized carbons (Fsp3) is 0.455. The molecule has 1 saturated heterocycles. The Balaban J connectivity index is 2.26. The van der Waals surface area contributed by atoms with Crippen LogP contribution in [0.5, 0.6) is 0 Å². The first-order valence-electron chi connectivity index (χ1n) is 9.34. The Morgan fingerprint density at radius 3 is 2.48 bits per heavy atom. The number of fused-ring (bicyclic) bond motifs is 4.